The van der Waals surface area contributed by atoms with Crippen LogP contribution in [0.1, 0.15) is 0 Å². The first-order valence-electron chi connectivity index (χ1n) is 6.04. The van der Waals surface area contributed by atoms with E-state index in [0.29, 0.717) is 0 Å². The first-order valence-corrected chi connectivity index (χ1v) is 6.04. The molecular weight excluding hydrogens is 240 g/mol. The van der Waals surface area contributed by atoms with Crippen LogP contribution in [-0.2, 0) is 4.79 Å². The van der Waals surface area contributed by atoms with Gasteiger partial charge in [-0.25, -0.2) is 0 Å². The fraction of sp³-hybridized carbons (Fsp3) is 0.133. The maximum atomic E-state index is 11.5. The van der Waals surface area contributed by atoms with Crippen molar-refractivity contribution in [2.24, 2.45) is 0 Å². The van der Waals surface area contributed by atoms with Gasteiger partial charge in [0.1, 0.15) is 5.75 Å². The predicted octanol–water partition coefficient (Wildman–Crippen LogP) is 2.29. The summed E-state index contributed by atoms with van der Waals surface area (Å²) in [5.41, 5.74) is 9.33. The van der Waals surface area contributed by atoms with Crippen LogP contribution < -0.4 is 15.4 Å². The van der Waals surface area contributed by atoms with E-state index in [0.717, 1.165) is 28.3 Å². The molecule has 3 rings (SSSR count). The molecule has 4 nitrogen and oxygen atoms in total. The van der Waals surface area contributed by atoms with Gasteiger partial charge >= 0.3 is 0 Å². The largest absolute Gasteiger partial charge is 0.482 e. The standard InChI is InChI=1S/C15H14N2O2/c1-17-13-7-4-11(8-14(13)19-9-15(17)18)10-2-5-12(16)6-3-10/h2-8H,9,16H2,1H3. The average molecular weight is 254 g/mol. The minimum atomic E-state index is -0.0345. The number of benzene rings is 2. The third-order valence-electron chi connectivity index (χ3n) is 3.29. The van der Waals surface area contributed by atoms with Crippen molar-refractivity contribution in [1.82, 2.24) is 0 Å². The molecule has 0 aromatic heterocycles. The Labute approximate surface area is 111 Å². The Balaban J connectivity index is 2.02. The minimum absolute atomic E-state index is 0.0345. The molecule has 0 aliphatic carbocycles. The van der Waals surface area contributed by atoms with Gasteiger partial charge in [0.15, 0.2) is 6.61 Å². The van der Waals surface area contributed by atoms with Crippen LogP contribution in [0, 0.1) is 0 Å². The number of nitrogen functional groups attached to an aromatic ring is 1. The Morgan fingerprint density at radius 2 is 1.79 bits per heavy atom. The fourth-order valence-corrected chi connectivity index (χ4v) is 2.13. The van der Waals surface area contributed by atoms with E-state index < -0.39 is 0 Å². The van der Waals surface area contributed by atoms with Gasteiger partial charge in [-0.3, -0.25) is 4.79 Å². The average Bonchev–Trinajstić information content (AvgIpc) is 2.43. The highest BCUT2D eigenvalue weighted by Crippen LogP contribution is 2.35. The van der Waals surface area contributed by atoms with Gasteiger partial charge in [0, 0.05) is 12.7 Å². The van der Waals surface area contributed by atoms with E-state index in [1.54, 1.807) is 11.9 Å². The third kappa shape index (κ3) is 2.01. The summed E-state index contributed by atoms with van der Waals surface area (Å²) >= 11 is 0. The minimum Gasteiger partial charge on any atom is -0.482 e. The van der Waals surface area contributed by atoms with Crippen molar-refractivity contribution in [2.45, 2.75) is 0 Å². The number of nitrogens with two attached hydrogens (primary N) is 1. The SMILES string of the molecule is CN1C(=O)COc2cc(-c3ccc(N)cc3)ccc21. The fourth-order valence-electron chi connectivity index (χ4n) is 2.13. The zero-order chi connectivity index (χ0) is 13.4. The molecule has 1 aliphatic heterocycles. The van der Waals surface area contributed by atoms with Crippen molar-refractivity contribution in [3.63, 3.8) is 0 Å². The summed E-state index contributed by atoms with van der Waals surface area (Å²) < 4.78 is 5.48. The molecule has 4 heteroatoms. The first kappa shape index (κ1) is 11.6. The Kier molecular flexibility index (Phi) is 2.63. The van der Waals surface area contributed by atoms with E-state index in [1.807, 2.05) is 42.5 Å². The molecule has 19 heavy (non-hydrogen) atoms. The van der Waals surface area contributed by atoms with E-state index in [-0.39, 0.29) is 12.5 Å². The zero-order valence-corrected chi connectivity index (χ0v) is 10.6. The van der Waals surface area contributed by atoms with Crippen molar-refractivity contribution in [3.05, 3.63) is 42.5 Å². The van der Waals surface area contributed by atoms with Gasteiger partial charge in [-0.05, 0) is 35.4 Å². The lowest BCUT2D eigenvalue weighted by Gasteiger charge is -2.26. The lowest BCUT2D eigenvalue weighted by Crippen LogP contribution is -2.35. The van der Waals surface area contributed by atoms with E-state index in [2.05, 4.69) is 0 Å². The highest BCUT2D eigenvalue weighted by Gasteiger charge is 2.22. The number of hydrogen-bond donors (Lipinski definition) is 1. The number of fused-ring (bicyclic) bond motifs is 1. The lowest BCUT2D eigenvalue weighted by molar-refractivity contribution is -0.120. The Morgan fingerprint density at radius 3 is 2.53 bits per heavy atom. The van der Waals surface area contributed by atoms with Crippen LogP contribution in [0.2, 0.25) is 0 Å². The molecule has 96 valence electrons. The smallest absolute Gasteiger partial charge is 0.264 e. The summed E-state index contributed by atoms with van der Waals surface area (Å²) in [7, 11) is 1.76. The molecule has 1 heterocycles. The van der Waals surface area contributed by atoms with Crippen LogP contribution in [0.15, 0.2) is 42.5 Å². The van der Waals surface area contributed by atoms with Crippen LogP contribution in [-0.4, -0.2) is 19.6 Å². The Bertz CT molecular complexity index is 635. The molecule has 2 aromatic carbocycles. The molecule has 0 spiro atoms. The topological polar surface area (TPSA) is 55.6 Å². The van der Waals surface area contributed by atoms with Crippen LogP contribution in [0.5, 0.6) is 5.75 Å². The van der Waals surface area contributed by atoms with Gasteiger partial charge in [-0.15, -0.1) is 0 Å². The van der Waals surface area contributed by atoms with Crippen LogP contribution in [0.4, 0.5) is 11.4 Å². The van der Waals surface area contributed by atoms with Crippen LogP contribution in [0.25, 0.3) is 11.1 Å². The van der Waals surface area contributed by atoms with Gasteiger partial charge in [0.05, 0.1) is 5.69 Å². The lowest BCUT2D eigenvalue weighted by atomic mass is 10.0. The highest BCUT2D eigenvalue weighted by molar-refractivity contribution is 5.97. The third-order valence-corrected chi connectivity index (χ3v) is 3.29. The summed E-state index contributed by atoms with van der Waals surface area (Å²) in [5, 5.41) is 0. The van der Waals surface area contributed by atoms with E-state index in [4.69, 9.17) is 10.5 Å². The maximum absolute atomic E-state index is 11.5. The normalized spacial score (nSPS) is 13.9. The van der Waals surface area contributed by atoms with Gasteiger partial charge in [-0.1, -0.05) is 18.2 Å². The Morgan fingerprint density at radius 1 is 1.11 bits per heavy atom. The molecule has 0 saturated carbocycles. The molecular formula is C15H14N2O2. The number of anilines is 2. The molecule has 0 fully saturated rings. The molecule has 0 saturated heterocycles. The molecule has 1 amide bonds. The molecule has 0 unspecified atom stereocenters. The second kappa shape index (κ2) is 4.31. The molecule has 2 aromatic rings. The molecule has 0 atom stereocenters. The monoisotopic (exact) mass is 254 g/mol. The van der Waals surface area contributed by atoms with Crippen molar-refractivity contribution in [3.8, 4) is 16.9 Å². The number of hydrogen-bond acceptors (Lipinski definition) is 3. The molecule has 2 N–H and O–H groups in total. The number of nitrogens with zero attached hydrogens (tertiary/aromatic N) is 1. The van der Waals surface area contributed by atoms with Gasteiger partial charge in [0.25, 0.3) is 5.91 Å². The first-order chi connectivity index (χ1) is 9.15. The summed E-state index contributed by atoms with van der Waals surface area (Å²) in [6.45, 7) is 0.0920. The highest BCUT2D eigenvalue weighted by atomic mass is 16.5. The summed E-state index contributed by atoms with van der Waals surface area (Å²) in [6, 6.07) is 13.5. The predicted molar refractivity (Wildman–Crippen MR) is 75.2 cm³/mol. The zero-order valence-electron chi connectivity index (χ0n) is 10.6. The van der Waals surface area contributed by atoms with Crippen molar-refractivity contribution >= 4 is 17.3 Å². The van der Waals surface area contributed by atoms with E-state index in [1.165, 1.54) is 0 Å². The maximum Gasteiger partial charge on any atom is 0.264 e. The number of likely N-dealkylation sites (N-methyl/N-ethyl adjacent to an activating group) is 1. The van der Waals surface area contributed by atoms with Gasteiger partial charge in [-0.2, -0.15) is 0 Å². The number of rotatable bonds is 1. The van der Waals surface area contributed by atoms with E-state index >= 15 is 0 Å². The van der Waals surface area contributed by atoms with Gasteiger partial charge in [0.2, 0.25) is 0 Å². The van der Waals surface area contributed by atoms with Crippen LogP contribution >= 0.6 is 0 Å². The number of carbonyl (C=O) groups is 1. The van der Waals surface area contributed by atoms with E-state index in [9.17, 15) is 4.79 Å². The molecule has 1 aliphatic rings. The number of carbonyl (C=O) groups excluding carboxylic acids is 1. The molecule has 0 bridgehead atoms. The number of ether oxygens (including phenoxy) is 1. The van der Waals surface area contributed by atoms with Crippen molar-refractivity contribution < 1.29 is 9.53 Å². The Hall–Kier alpha value is -2.49. The van der Waals surface area contributed by atoms with Crippen molar-refractivity contribution in [2.75, 3.05) is 24.3 Å². The van der Waals surface area contributed by atoms with Crippen molar-refractivity contribution in [1.29, 1.82) is 0 Å². The summed E-state index contributed by atoms with van der Waals surface area (Å²) in [5.74, 6) is 0.698. The van der Waals surface area contributed by atoms with Crippen LogP contribution in [0.3, 0.4) is 0 Å². The second-order valence-corrected chi connectivity index (χ2v) is 4.55. The summed E-state index contributed by atoms with van der Waals surface area (Å²) in [6.07, 6.45) is 0. The summed E-state index contributed by atoms with van der Waals surface area (Å²) in [4.78, 5) is 13.2. The second-order valence-electron chi connectivity index (χ2n) is 4.55. The quantitative estimate of drug-likeness (QED) is 0.794. The van der Waals surface area contributed by atoms with Gasteiger partial charge < -0.3 is 15.4 Å². The number of amides is 1. The molecule has 0 radical (unpaired) electrons.